The second-order valence-corrected chi connectivity index (χ2v) is 7.68. The molecule has 1 saturated heterocycles. The third kappa shape index (κ3) is 2.08. The first-order valence-electron chi connectivity index (χ1n) is 9.26. The van der Waals surface area contributed by atoms with Crippen LogP contribution in [0.15, 0.2) is 54.6 Å². The number of ether oxygens (including phenoxy) is 1. The zero-order valence-electron chi connectivity index (χ0n) is 14.7. The van der Waals surface area contributed by atoms with Crippen molar-refractivity contribution in [3.63, 3.8) is 0 Å². The Hall–Kier alpha value is -2.62. The van der Waals surface area contributed by atoms with E-state index in [9.17, 15) is 9.59 Å². The van der Waals surface area contributed by atoms with E-state index in [1.54, 1.807) is 13.2 Å². The van der Waals surface area contributed by atoms with E-state index in [1.807, 2.05) is 24.3 Å². The highest BCUT2D eigenvalue weighted by molar-refractivity contribution is 6.22. The van der Waals surface area contributed by atoms with Crippen molar-refractivity contribution in [1.82, 2.24) is 0 Å². The Labute approximate surface area is 152 Å². The van der Waals surface area contributed by atoms with Gasteiger partial charge in [-0.2, -0.15) is 0 Å². The average Bonchev–Trinajstić information content (AvgIpc) is 3.34. The molecule has 5 atom stereocenters. The summed E-state index contributed by atoms with van der Waals surface area (Å²) in [6.07, 6.45) is 2.01. The maximum absolute atomic E-state index is 13.2. The SMILES string of the molecule is COc1cccc(N2C(=O)C3C4CC(c5ccccc5)C(C4)C3C2=O)c1. The molecular formula is C22H21NO3. The molecule has 0 spiro atoms. The Morgan fingerprint density at radius 1 is 0.923 bits per heavy atom. The first-order valence-corrected chi connectivity index (χ1v) is 9.26. The van der Waals surface area contributed by atoms with E-state index in [-0.39, 0.29) is 29.6 Å². The lowest BCUT2D eigenvalue weighted by Gasteiger charge is -2.28. The average molecular weight is 347 g/mol. The van der Waals surface area contributed by atoms with Crippen LogP contribution < -0.4 is 9.64 Å². The van der Waals surface area contributed by atoms with Gasteiger partial charge < -0.3 is 4.74 Å². The van der Waals surface area contributed by atoms with E-state index in [2.05, 4.69) is 24.3 Å². The highest BCUT2D eigenvalue weighted by atomic mass is 16.5. The molecule has 0 N–H and O–H groups in total. The van der Waals surface area contributed by atoms with Gasteiger partial charge in [0.25, 0.3) is 0 Å². The molecule has 26 heavy (non-hydrogen) atoms. The van der Waals surface area contributed by atoms with Gasteiger partial charge in [-0.05, 0) is 48.3 Å². The van der Waals surface area contributed by atoms with E-state index < -0.39 is 0 Å². The Bertz CT molecular complexity index is 878. The number of amides is 2. The summed E-state index contributed by atoms with van der Waals surface area (Å²) in [5.74, 6) is 1.29. The maximum Gasteiger partial charge on any atom is 0.237 e. The Balaban J connectivity index is 1.49. The van der Waals surface area contributed by atoms with Crippen LogP contribution in [0.25, 0.3) is 0 Å². The monoisotopic (exact) mass is 347 g/mol. The summed E-state index contributed by atoms with van der Waals surface area (Å²) in [7, 11) is 1.59. The minimum Gasteiger partial charge on any atom is -0.497 e. The van der Waals surface area contributed by atoms with E-state index in [4.69, 9.17) is 4.74 Å². The molecule has 2 aliphatic carbocycles. The van der Waals surface area contributed by atoms with Crippen LogP contribution in [0.1, 0.15) is 24.3 Å². The van der Waals surface area contributed by atoms with Crippen LogP contribution in [0.4, 0.5) is 5.69 Å². The fraction of sp³-hybridized carbons (Fsp3) is 0.364. The molecule has 4 heteroatoms. The lowest BCUT2D eigenvalue weighted by atomic mass is 9.73. The first-order chi connectivity index (χ1) is 12.7. The zero-order valence-corrected chi connectivity index (χ0v) is 14.7. The Morgan fingerprint density at radius 2 is 1.69 bits per heavy atom. The second kappa shape index (κ2) is 5.70. The number of carbonyl (C=O) groups excluding carboxylic acids is 2. The second-order valence-electron chi connectivity index (χ2n) is 7.68. The summed E-state index contributed by atoms with van der Waals surface area (Å²) in [5.41, 5.74) is 1.93. The third-order valence-electron chi connectivity index (χ3n) is 6.55. The van der Waals surface area contributed by atoms with Crippen LogP contribution in [-0.4, -0.2) is 18.9 Å². The number of hydrogen-bond acceptors (Lipinski definition) is 3. The molecule has 0 radical (unpaired) electrons. The van der Waals surface area contributed by atoms with Gasteiger partial charge in [-0.1, -0.05) is 36.4 Å². The van der Waals surface area contributed by atoms with Gasteiger partial charge in [-0.25, -0.2) is 4.90 Å². The number of hydrogen-bond donors (Lipinski definition) is 0. The number of imide groups is 1. The molecule has 3 fully saturated rings. The number of methoxy groups -OCH3 is 1. The van der Waals surface area contributed by atoms with Crippen molar-refractivity contribution in [1.29, 1.82) is 0 Å². The summed E-state index contributed by atoms with van der Waals surface area (Å²) >= 11 is 0. The lowest BCUT2D eigenvalue weighted by molar-refractivity contribution is -0.123. The molecule has 0 aromatic heterocycles. The minimum atomic E-state index is -0.169. The predicted molar refractivity (Wildman–Crippen MR) is 97.9 cm³/mol. The van der Waals surface area contributed by atoms with Crippen molar-refractivity contribution in [2.45, 2.75) is 18.8 Å². The van der Waals surface area contributed by atoms with Crippen LogP contribution in [0.2, 0.25) is 0 Å². The van der Waals surface area contributed by atoms with E-state index in [0.717, 1.165) is 12.8 Å². The van der Waals surface area contributed by atoms with Crippen LogP contribution in [0, 0.1) is 23.7 Å². The fourth-order valence-electron chi connectivity index (χ4n) is 5.55. The number of rotatable bonds is 3. The van der Waals surface area contributed by atoms with Crippen LogP contribution in [0.5, 0.6) is 5.75 Å². The summed E-state index contributed by atoms with van der Waals surface area (Å²) < 4.78 is 5.26. The first kappa shape index (κ1) is 15.6. The molecule has 2 aromatic carbocycles. The summed E-state index contributed by atoms with van der Waals surface area (Å²) in [6.45, 7) is 0. The maximum atomic E-state index is 13.2. The largest absolute Gasteiger partial charge is 0.497 e. The quantitative estimate of drug-likeness (QED) is 0.797. The number of benzene rings is 2. The predicted octanol–water partition coefficient (Wildman–Crippen LogP) is 3.62. The summed E-state index contributed by atoms with van der Waals surface area (Å²) in [6, 6.07) is 17.7. The molecule has 5 rings (SSSR count). The number of nitrogens with zero attached hydrogens (tertiary/aromatic N) is 1. The standard InChI is InChI=1S/C22H21NO3/c1-26-16-9-5-8-15(12-16)23-21(24)19-14-10-17(13-6-3-2-4-7-13)18(11-14)20(19)22(23)25/h2-9,12,14,17-20H,10-11H2,1H3. The number of anilines is 1. The van der Waals surface area contributed by atoms with Gasteiger partial charge in [0.1, 0.15) is 5.75 Å². The molecular weight excluding hydrogens is 326 g/mol. The van der Waals surface area contributed by atoms with Gasteiger partial charge in [0, 0.05) is 6.07 Å². The normalized spacial score (nSPS) is 32.2. The molecule has 4 nitrogen and oxygen atoms in total. The van der Waals surface area contributed by atoms with Gasteiger partial charge in [0.2, 0.25) is 11.8 Å². The molecule has 2 aromatic rings. The molecule has 2 amide bonds. The summed E-state index contributed by atoms with van der Waals surface area (Å²) in [5, 5.41) is 0. The molecule has 132 valence electrons. The van der Waals surface area contributed by atoms with E-state index in [1.165, 1.54) is 10.5 Å². The molecule has 5 unspecified atom stereocenters. The Morgan fingerprint density at radius 3 is 2.46 bits per heavy atom. The van der Waals surface area contributed by atoms with Gasteiger partial charge in [0.05, 0.1) is 24.6 Å². The lowest BCUT2D eigenvalue weighted by Crippen LogP contribution is -2.32. The van der Waals surface area contributed by atoms with Crippen molar-refractivity contribution >= 4 is 17.5 Å². The highest BCUT2D eigenvalue weighted by Crippen LogP contribution is 2.61. The number of fused-ring (bicyclic) bond motifs is 5. The molecule has 2 saturated carbocycles. The van der Waals surface area contributed by atoms with Crippen molar-refractivity contribution in [2.24, 2.45) is 23.7 Å². The summed E-state index contributed by atoms with van der Waals surface area (Å²) in [4.78, 5) is 27.7. The minimum absolute atomic E-state index is 0.0211. The fourth-order valence-corrected chi connectivity index (χ4v) is 5.55. The molecule has 3 aliphatic rings. The Kier molecular flexibility index (Phi) is 3.42. The van der Waals surface area contributed by atoms with Gasteiger partial charge in [-0.15, -0.1) is 0 Å². The van der Waals surface area contributed by atoms with Gasteiger partial charge in [0.15, 0.2) is 0 Å². The van der Waals surface area contributed by atoms with Crippen molar-refractivity contribution < 1.29 is 14.3 Å². The smallest absolute Gasteiger partial charge is 0.237 e. The van der Waals surface area contributed by atoms with E-state index >= 15 is 0 Å². The van der Waals surface area contributed by atoms with Gasteiger partial charge >= 0.3 is 0 Å². The van der Waals surface area contributed by atoms with E-state index in [0.29, 0.717) is 23.3 Å². The molecule has 1 aliphatic heterocycles. The van der Waals surface area contributed by atoms with Crippen molar-refractivity contribution in [3.05, 3.63) is 60.2 Å². The molecule has 1 heterocycles. The van der Waals surface area contributed by atoms with Crippen LogP contribution in [-0.2, 0) is 9.59 Å². The van der Waals surface area contributed by atoms with Crippen LogP contribution >= 0.6 is 0 Å². The van der Waals surface area contributed by atoms with Gasteiger partial charge in [-0.3, -0.25) is 9.59 Å². The topological polar surface area (TPSA) is 46.6 Å². The van der Waals surface area contributed by atoms with Crippen LogP contribution in [0.3, 0.4) is 0 Å². The third-order valence-corrected chi connectivity index (χ3v) is 6.55. The van der Waals surface area contributed by atoms with Crippen molar-refractivity contribution in [3.8, 4) is 5.75 Å². The highest BCUT2D eigenvalue weighted by Gasteiger charge is 2.64. The zero-order chi connectivity index (χ0) is 17.8. The molecule has 2 bridgehead atoms. The number of carbonyl (C=O) groups is 2. The van der Waals surface area contributed by atoms with Crippen molar-refractivity contribution in [2.75, 3.05) is 12.0 Å².